The first-order valence-corrected chi connectivity index (χ1v) is 8.94. The molecule has 0 radical (unpaired) electrons. The molecular weight excluding hydrogens is 326 g/mol. The highest BCUT2D eigenvalue weighted by atomic mass is 16.6. The van der Waals surface area contributed by atoms with Gasteiger partial charge in [0.1, 0.15) is 6.61 Å². The van der Waals surface area contributed by atoms with Crippen LogP contribution in [0.3, 0.4) is 0 Å². The molecule has 0 aromatic heterocycles. The number of carbonyl (C=O) groups is 1. The molecule has 132 valence electrons. The monoisotopic (exact) mass is 347 g/mol. The van der Waals surface area contributed by atoms with Crippen molar-refractivity contribution in [2.45, 2.75) is 24.9 Å². The predicted molar refractivity (Wildman–Crippen MR) is 98.8 cm³/mol. The lowest BCUT2D eigenvalue weighted by molar-refractivity contribution is 0.0794. The lowest BCUT2D eigenvalue weighted by atomic mass is 9.74. The van der Waals surface area contributed by atoms with Crippen molar-refractivity contribution in [3.8, 4) is 6.07 Å². The number of hydrogen-bond donors (Lipinski definition) is 1. The van der Waals surface area contributed by atoms with Gasteiger partial charge in [0.15, 0.2) is 0 Å². The molecule has 0 atom stereocenters. The number of nitriles is 1. The fourth-order valence-corrected chi connectivity index (χ4v) is 3.94. The first-order chi connectivity index (χ1) is 12.7. The summed E-state index contributed by atoms with van der Waals surface area (Å²) < 4.78 is 5.45. The van der Waals surface area contributed by atoms with Gasteiger partial charge in [0.25, 0.3) is 0 Å². The van der Waals surface area contributed by atoms with Crippen molar-refractivity contribution in [3.63, 3.8) is 0 Å². The van der Waals surface area contributed by atoms with Crippen LogP contribution in [0.25, 0.3) is 0 Å². The second-order valence-corrected chi connectivity index (χ2v) is 7.03. The number of rotatable bonds is 2. The van der Waals surface area contributed by atoms with E-state index in [9.17, 15) is 10.1 Å². The van der Waals surface area contributed by atoms with Gasteiger partial charge in [-0.15, -0.1) is 0 Å². The fraction of sp³-hybridized carbons (Fsp3) is 0.333. The van der Waals surface area contributed by atoms with Crippen LogP contribution in [-0.4, -0.2) is 30.6 Å². The molecule has 2 aromatic carbocycles. The van der Waals surface area contributed by atoms with E-state index in [0.717, 1.165) is 30.6 Å². The Bertz CT molecular complexity index is 849. The molecular formula is C21H21N3O2. The Hall–Kier alpha value is -3.00. The number of nitrogens with one attached hydrogen (secondary N) is 1. The average molecular weight is 347 g/mol. The minimum absolute atomic E-state index is 0.0123. The molecule has 5 nitrogen and oxygen atoms in total. The summed E-state index contributed by atoms with van der Waals surface area (Å²) in [4.78, 5) is 14.2. The number of likely N-dealkylation sites (tertiary alicyclic amines) is 1. The van der Waals surface area contributed by atoms with Crippen LogP contribution in [0, 0.1) is 11.3 Å². The smallest absolute Gasteiger partial charge is 0.410 e. The summed E-state index contributed by atoms with van der Waals surface area (Å²) in [6.07, 6.45) is 1.51. The third kappa shape index (κ3) is 2.99. The van der Waals surface area contributed by atoms with Crippen molar-refractivity contribution >= 4 is 11.8 Å². The van der Waals surface area contributed by atoms with E-state index in [0.29, 0.717) is 25.3 Å². The maximum absolute atomic E-state index is 12.4. The van der Waals surface area contributed by atoms with Crippen LogP contribution in [0.4, 0.5) is 10.5 Å². The highest BCUT2D eigenvalue weighted by Gasteiger charge is 2.42. The number of amides is 1. The Morgan fingerprint density at radius 3 is 2.69 bits per heavy atom. The largest absolute Gasteiger partial charge is 0.445 e. The van der Waals surface area contributed by atoms with Crippen LogP contribution in [0.15, 0.2) is 48.5 Å². The van der Waals surface area contributed by atoms with Gasteiger partial charge in [-0.25, -0.2) is 4.79 Å². The second kappa shape index (κ2) is 6.72. The Labute approximate surface area is 153 Å². The molecule has 1 saturated heterocycles. The third-order valence-corrected chi connectivity index (χ3v) is 5.52. The average Bonchev–Trinajstić information content (AvgIpc) is 3.05. The molecule has 0 unspecified atom stereocenters. The van der Waals surface area contributed by atoms with Crippen LogP contribution >= 0.6 is 0 Å². The zero-order valence-corrected chi connectivity index (χ0v) is 14.6. The topological polar surface area (TPSA) is 65.4 Å². The molecule has 2 aromatic rings. The van der Waals surface area contributed by atoms with Crippen LogP contribution in [0.5, 0.6) is 0 Å². The molecule has 2 aliphatic heterocycles. The molecule has 1 N–H and O–H groups in total. The summed E-state index contributed by atoms with van der Waals surface area (Å²) in [5, 5.41) is 12.6. The second-order valence-electron chi connectivity index (χ2n) is 7.03. The predicted octanol–water partition coefficient (Wildman–Crippen LogP) is 3.65. The number of nitrogens with zero attached hydrogens (tertiary/aromatic N) is 2. The highest BCUT2D eigenvalue weighted by Crippen LogP contribution is 2.44. The first kappa shape index (κ1) is 16.5. The molecule has 0 bridgehead atoms. The van der Waals surface area contributed by atoms with Crippen LogP contribution < -0.4 is 5.32 Å². The molecule has 1 amide bonds. The molecule has 0 aliphatic carbocycles. The van der Waals surface area contributed by atoms with E-state index >= 15 is 0 Å². The summed E-state index contributed by atoms with van der Waals surface area (Å²) in [5.74, 6) is 0. The number of carbonyl (C=O) groups excluding carboxylic acids is 1. The van der Waals surface area contributed by atoms with E-state index in [1.807, 2.05) is 48.5 Å². The Morgan fingerprint density at radius 1 is 1.19 bits per heavy atom. The number of anilines is 1. The molecule has 26 heavy (non-hydrogen) atoms. The quantitative estimate of drug-likeness (QED) is 0.900. The van der Waals surface area contributed by atoms with Gasteiger partial charge >= 0.3 is 6.09 Å². The maximum Gasteiger partial charge on any atom is 0.410 e. The van der Waals surface area contributed by atoms with E-state index in [1.165, 1.54) is 5.56 Å². The maximum atomic E-state index is 12.4. The van der Waals surface area contributed by atoms with Gasteiger partial charge in [-0.1, -0.05) is 30.3 Å². The van der Waals surface area contributed by atoms with Gasteiger partial charge in [0, 0.05) is 30.7 Å². The van der Waals surface area contributed by atoms with Crippen molar-refractivity contribution < 1.29 is 9.53 Å². The zero-order chi connectivity index (χ0) is 18.0. The SMILES string of the molecule is N#Cc1ccc2c(c1)C1(CCN(C(=O)OCc3ccccc3)CC1)CN2. The summed E-state index contributed by atoms with van der Waals surface area (Å²) in [6.45, 7) is 2.51. The van der Waals surface area contributed by atoms with E-state index in [-0.39, 0.29) is 11.5 Å². The summed E-state index contributed by atoms with van der Waals surface area (Å²) in [6, 6.07) is 17.8. The Balaban J connectivity index is 1.39. The van der Waals surface area contributed by atoms with Crippen LogP contribution in [0.2, 0.25) is 0 Å². The van der Waals surface area contributed by atoms with Crippen LogP contribution in [-0.2, 0) is 16.8 Å². The fourth-order valence-electron chi connectivity index (χ4n) is 3.94. The molecule has 0 saturated carbocycles. The molecule has 2 heterocycles. The van der Waals surface area contributed by atoms with Crippen molar-refractivity contribution in [1.82, 2.24) is 4.90 Å². The first-order valence-electron chi connectivity index (χ1n) is 8.94. The van der Waals surface area contributed by atoms with Gasteiger partial charge in [0.05, 0.1) is 11.6 Å². The molecule has 5 heteroatoms. The number of piperidine rings is 1. The van der Waals surface area contributed by atoms with Crippen molar-refractivity contribution in [3.05, 3.63) is 65.2 Å². The zero-order valence-electron chi connectivity index (χ0n) is 14.6. The number of ether oxygens (including phenoxy) is 1. The van der Waals surface area contributed by atoms with Gasteiger partial charge in [-0.05, 0) is 42.2 Å². The van der Waals surface area contributed by atoms with Gasteiger partial charge in [-0.2, -0.15) is 5.26 Å². The van der Waals surface area contributed by atoms with Crippen molar-refractivity contribution in [2.24, 2.45) is 0 Å². The standard InChI is InChI=1S/C21H21N3O2/c22-13-17-6-7-19-18(12-17)21(15-23-19)8-10-24(11-9-21)20(25)26-14-16-4-2-1-3-5-16/h1-7,12,23H,8-11,14-15H2. The Kier molecular flexibility index (Phi) is 4.26. The normalized spacial score (nSPS) is 17.3. The minimum atomic E-state index is -0.249. The molecule has 1 fully saturated rings. The number of benzene rings is 2. The van der Waals surface area contributed by atoms with Gasteiger partial charge < -0.3 is 15.0 Å². The van der Waals surface area contributed by atoms with Gasteiger partial charge in [-0.3, -0.25) is 0 Å². The van der Waals surface area contributed by atoms with E-state index in [2.05, 4.69) is 11.4 Å². The van der Waals surface area contributed by atoms with E-state index in [1.54, 1.807) is 4.90 Å². The number of hydrogen-bond acceptors (Lipinski definition) is 4. The highest BCUT2D eigenvalue weighted by molar-refractivity contribution is 5.68. The molecule has 4 rings (SSSR count). The summed E-state index contributed by atoms with van der Waals surface area (Å²) in [7, 11) is 0. The van der Waals surface area contributed by atoms with Gasteiger partial charge in [0.2, 0.25) is 0 Å². The van der Waals surface area contributed by atoms with E-state index in [4.69, 9.17) is 4.74 Å². The molecule has 1 spiro atoms. The van der Waals surface area contributed by atoms with Crippen molar-refractivity contribution in [1.29, 1.82) is 5.26 Å². The third-order valence-electron chi connectivity index (χ3n) is 5.52. The Morgan fingerprint density at radius 2 is 1.96 bits per heavy atom. The lowest BCUT2D eigenvalue weighted by Crippen LogP contribution is -2.46. The minimum Gasteiger partial charge on any atom is -0.445 e. The van der Waals surface area contributed by atoms with Crippen molar-refractivity contribution in [2.75, 3.05) is 25.0 Å². The number of fused-ring (bicyclic) bond motifs is 2. The molecule has 2 aliphatic rings. The summed E-state index contributed by atoms with van der Waals surface area (Å²) >= 11 is 0. The van der Waals surface area contributed by atoms with Crippen LogP contribution in [0.1, 0.15) is 29.5 Å². The van der Waals surface area contributed by atoms with E-state index < -0.39 is 0 Å². The summed E-state index contributed by atoms with van der Waals surface area (Å²) in [5.41, 5.74) is 4.03. The lowest BCUT2D eigenvalue weighted by Gasteiger charge is -2.38.